The maximum absolute atomic E-state index is 12.5. The highest BCUT2D eigenvalue weighted by Crippen LogP contribution is 2.44. The molecule has 5 rings (SSSR count). The lowest BCUT2D eigenvalue weighted by molar-refractivity contribution is -0.139. The Morgan fingerprint density at radius 3 is 2.33 bits per heavy atom. The van der Waals surface area contributed by atoms with Gasteiger partial charge in [0.05, 0.1) is 5.52 Å². The molecular formula is C27H22N2O4. The van der Waals surface area contributed by atoms with Crippen molar-refractivity contribution in [2.45, 2.75) is 18.4 Å². The molecule has 0 saturated carbocycles. The molecule has 0 fully saturated rings. The van der Waals surface area contributed by atoms with Crippen molar-refractivity contribution in [1.82, 2.24) is 10.3 Å². The number of fused-ring (bicyclic) bond motifs is 4. The molecule has 6 nitrogen and oxygen atoms in total. The number of nitrogens with one attached hydrogen (secondary N) is 1. The number of ether oxygens (including phenoxy) is 1. The number of carboxylic acids is 1. The maximum atomic E-state index is 12.5. The van der Waals surface area contributed by atoms with Crippen LogP contribution in [-0.2, 0) is 16.0 Å². The fraction of sp³-hybridized carbons (Fsp3) is 0.148. The first kappa shape index (κ1) is 20.7. The molecule has 1 aliphatic carbocycles. The van der Waals surface area contributed by atoms with Crippen molar-refractivity contribution in [2.24, 2.45) is 0 Å². The summed E-state index contributed by atoms with van der Waals surface area (Å²) in [6.45, 7) is 0.131. The average Bonchev–Trinajstić information content (AvgIpc) is 3.16. The monoisotopic (exact) mass is 438 g/mol. The molecule has 1 atom stereocenters. The molecule has 1 aliphatic rings. The van der Waals surface area contributed by atoms with Gasteiger partial charge in [0.1, 0.15) is 12.6 Å². The molecule has 4 aromatic rings. The molecule has 33 heavy (non-hydrogen) atoms. The van der Waals surface area contributed by atoms with Crippen LogP contribution in [-0.4, -0.2) is 34.8 Å². The van der Waals surface area contributed by atoms with Gasteiger partial charge in [0.15, 0.2) is 0 Å². The van der Waals surface area contributed by atoms with Crippen LogP contribution < -0.4 is 5.32 Å². The van der Waals surface area contributed by atoms with E-state index < -0.39 is 18.1 Å². The quantitative estimate of drug-likeness (QED) is 0.453. The van der Waals surface area contributed by atoms with Crippen LogP contribution in [0.2, 0.25) is 0 Å². The Hall–Kier alpha value is -4.19. The standard InChI is InChI=1S/C27H22N2O4/c30-26(31)25(15-17-11-12-18-6-5-13-28-24(18)14-17)29-27(32)33-16-23-21-9-3-1-7-19(21)20-8-2-4-10-22(20)23/h1-14,23,25H,15-16H2,(H,29,32)(H,30,31)/t25-/m0/s1. The molecule has 164 valence electrons. The predicted molar refractivity (Wildman–Crippen MR) is 125 cm³/mol. The van der Waals surface area contributed by atoms with Crippen molar-refractivity contribution in [1.29, 1.82) is 0 Å². The summed E-state index contributed by atoms with van der Waals surface area (Å²) < 4.78 is 5.50. The number of hydrogen-bond acceptors (Lipinski definition) is 4. The van der Waals surface area contributed by atoms with E-state index in [4.69, 9.17) is 4.74 Å². The van der Waals surface area contributed by atoms with Crippen LogP contribution in [0.15, 0.2) is 85.1 Å². The average molecular weight is 438 g/mol. The first-order valence-electron chi connectivity index (χ1n) is 10.8. The lowest BCUT2D eigenvalue weighted by Gasteiger charge is -2.17. The number of alkyl carbamates (subject to hydrolysis) is 1. The van der Waals surface area contributed by atoms with Crippen molar-refractivity contribution < 1.29 is 19.4 Å². The molecule has 6 heteroatoms. The number of rotatable bonds is 6. The fourth-order valence-corrected chi connectivity index (χ4v) is 4.46. The summed E-state index contributed by atoms with van der Waals surface area (Å²) in [5.74, 6) is -1.21. The van der Waals surface area contributed by atoms with Crippen LogP contribution >= 0.6 is 0 Å². The zero-order valence-electron chi connectivity index (χ0n) is 17.8. The van der Waals surface area contributed by atoms with Gasteiger partial charge in [-0.25, -0.2) is 9.59 Å². The second-order valence-corrected chi connectivity index (χ2v) is 8.10. The van der Waals surface area contributed by atoms with Crippen molar-refractivity contribution in [3.8, 4) is 11.1 Å². The molecule has 2 N–H and O–H groups in total. The van der Waals surface area contributed by atoms with E-state index >= 15 is 0 Å². The Morgan fingerprint density at radius 1 is 0.939 bits per heavy atom. The first-order valence-corrected chi connectivity index (χ1v) is 10.8. The Kier molecular flexibility index (Phi) is 5.48. The number of carboxylic acid groups (broad SMARTS) is 1. The van der Waals surface area contributed by atoms with Crippen LogP contribution in [0.3, 0.4) is 0 Å². The highest BCUT2D eigenvalue weighted by atomic mass is 16.5. The topological polar surface area (TPSA) is 88.5 Å². The van der Waals surface area contributed by atoms with E-state index in [0.29, 0.717) is 0 Å². The van der Waals surface area contributed by atoms with Gasteiger partial charge in [-0.2, -0.15) is 0 Å². The molecule has 1 heterocycles. The third kappa shape index (κ3) is 4.15. The molecule has 1 aromatic heterocycles. The van der Waals surface area contributed by atoms with E-state index in [1.54, 1.807) is 6.20 Å². The number of hydrogen-bond donors (Lipinski definition) is 2. The number of carbonyl (C=O) groups is 2. The Bertz CT molecular complexity index is 1310. The van der Waals surface area contributed by atoms with Gasteiger partial charge in [0.25, 0.3) is 0 Å². The zero-order valence-corrected chi connectivity index (χ0v) is 17.8. The van der Waals surface area contributed by atoms with Crippen molar-refractivity contribution in [3.05, 3.63) is 102 Å². The lowest BCUT2D eigenvalue weighted by Crippen LogP contribution is -2.42. The van der Waals surface area contributed by atoms with Crippen LogP contribution in [0, 0.1) is 0 Å². The van der Waals surface area contributed by atoms with E-state index in [2.05, 4.69) is 22.4 Å². The van der Waals surface area contributed by atoms with Gasteiger partial charge in [-0.05, 0) is 39.9 Å². The predicted octanol–water partition coefficient (Wildman–Crippen LogP) is 4.77. The molecule has 0 bridgehead atoms. The minimum atomic E-state index is -1.12. The third-order valence-electron chi connectivity index (χ3n) is 6.04. The first-order chi connectivity index (χ1) is 16.1. The van der Waals surface area contributed by atoms with Crippen molar-refractivity contribution >= 4 is 23.0 Å². The third-order valence-corrected chi connectivity index (χ3v) is 6.04. The summed E-state index contributed by atoms with van der Waals surface area (Å²) in [4.78, 5) is 28.6. The normalized spacial score (nSPS) is 13.2. The molecule has 3 aromatic carbocycles. The zero-order chi connectivity index (χ0) is 22.8. The number of carbonyl (C=O) groups excluding carboxylic acids is 1. The number of benzene rings is 3. The fourth-order valence-electron chi connectivity index (χ4n) is 4.46. The minimum absolute atomic E-state index is 0.0852. The lowest BCUT2D eigenvalue weighted by atomic mass is 9.98. The molecule has 1 amide bonds. The van der Waals surface area contributed by atoms with Gasteiger partial charge in [0, 0.05) is 23.9 Å². The van der Waals surface area contributed by atoms with Crippen molar-refractivity contribution in [3.63, 3.8) is 0 Å². The number of aliphatic carboxylic acids is 1. The van der Waals surface area contributed by atoms with E-state index in [-0.39, 0.29) is 18.9 Å². The highest BCUT2D eigenvalue weighted by Gasteiger charge is 2.29. The second-order valence-electron chi connectivity index (χ2n) is 8.10. The summed E-state index contributed by atoms with van der Waals surface area (Å²) >= 11 is 0. The highest BCUT2D eigenvalue weighted by molar-refractivity contribution is 5.82. The van der Waals surface area contributed by atoms with Gasteiger partial charge >= 0.3 is 12.1 Å². The summed E-state index contributed by atoms with van der Waals surface area (Å²) in [6.07, 6.45) is 1.07. The maximum Gasteiger partial charge on any atom is 0.407 e. The van der Waals surface area contributed by atoms with Crippen LogP contribution in [0.25, 0.3) is 22.0 Å². The Labute approximate surface area is 190 Å². The Morgan fingerprint density at radius 2 is 1.64 bits per heavy atom. The smallest absolute Gasteiger partial charge is 0.407 e. The number of pyridine rings is 1. The van der Waals surface area contributed by atoms with Crippen LogP contribution in [0.4, 0.5) is 4.79 Å². The number of amides is 1. The van der Waals surface area contributed by atoms with E-state index in [9.17, 15) is 14.7 Å². The van der Waals surface area contributed by atoms with E-state index in [0.717, 1.165) is 38.7 Å². The summed E-state index contributed by atoms with van der Waals surface area (Å²) in [5, 5.41) is 13.1. The second kappa shape index (κ2) is 8.74. The van der Waals surface area contributed by atoms with Gasteiger partial charge in [0.2, 0.25) is 0 Å². The molecule has 0 radical (unpaired) electrons. The largest absolute Gasteiger partial charge is 0.480 e. The van der Waals surface area contributed by atoms with Gasteiger partial charge < -0.3 is 15.2 Å². The molecule has 0 spiro atoms. The minimum Gasteiger partial charge on any atom is -0.480 e. The van der Waals surface area contributed by atoms with Crippen LogP contribution in [0.1, 0.15) is 22.6 Å². The van der Waals surface area contributed by atoms with Crippen LogP contribution in [0.5, 0.6) is 0 Å². The SMILES string of the molecule is O=C(N[C@@H](Cc1ccc2cccnc2c1)C(=O)O)OCC1c2ccccc2-c2ccccc21. The van der Waals surface area contributed by atoms with E-state index in [1.807, 2.05) is 66.7 Å². The molecule has 0 saturated heterocycles. The number of aromatic nitrogens is 1. The molecule has 0 unspecified atom stereocenters. The van der Waals surface area contributed by atoms with E-state index in [1.165, 1.54) is 0 Å². The Balaban J connectivity index is 1.27. The number of nitrogens with zero attached hydrogens (tertiary/aromatic N) is 1. The van der Waals surface area contributed by atoms with Gasteiger partial charge in [-0.3, -0.25) is 4.98 Å². The summed E-state index contributed by atoms with van der Waals surface area (Å²) in [6, 6.07) is 24.4. The van der Waals surface area contributed by atoms with Gasteiger partial charge in [-0.15, -0.1) is 0 Å². The summed E-state index contributed by atoms with van der Waals surface area (Å²) in [5.41, 5.74) is 6.02. The molecular weight excluding hydrogens is 416 g/mol. The van der Waals surface area contributed by atoms with Gasteiger partial charge in [-0.1, -0.05) is 66.7 Å². The van der Waals surface area contributed by atoms with Crippen molar-refractivity contribution in [2.75, 3.05) is 6.61 Å². The molecule has 0 aliphatic heterocycles. The summed E-state index contributed by atoms with van der Waals surface area (Å²) in [7, 11) is 0.